The van der Waals surface area contributed by atoms with Crippen LogP contribution in [0.5, 0.6) is 5.75 Å². The number of nitrogens with one attached hydrogen (secondary N) is 1. The average Bonchev–Trinajstić information content (AvgIpc) is 2.61. The standard InChI is InChI=1S/C18H19Cl2N3O2/c1-12-2-4-15(11-21-12)25-14-6-8-23(9-7-14)18(24)22-13-3-5-16(19)17(20)10-13/h2-5,10-11,14H,6-9H2,1H3,(H,22,24). The van der Waals surface area contributed by atoms with Crippen LogP contribution in [-0.4, -0.2) is 35.1 Å². The summed E-state index contributed by atoms with van der Waals surface area (Å²) in [6, 6.07) is 8.73. The van der Waals surface area contributed by atoms with Crippen molar-refractivity contribution in [2.45, 2.75) is 25.9 Å². The first-order valence-electron chi connectivity index (χ1n) is 8.11. The number of anilines is 1. The minimum atomic E-state index is -0.145. The number of carbonyl (C=O) groups is 1. The molecule has 0 aliphatic carbocycles. The Morgan fingerprint density at radius 1 is 1.20 bits per heavy atom. The number of halogens is 2. The Morgan fingerprint density at radius 3 is 2.60 bits per heavy atom. The minimum Gasteiger partial charge on any atom is -0.489 e. The highest BCUT2D eigenvalue weighted by atomic mass is 35.5. The van der Waals surface area contributed by atoms with Gasteiger partial charge in [-0.1, -0.05) is 23.2 Å². The summed E-state index contributed by atoms with van der Waals surface area (Å²) in [5, 5.41) is 3.72. The topological polar surface area (TPSA) is 54.5 Å². The largest absolute Gasteiger partial charge is 0.489 e. The third kappa shape index (κ3) is 4.77. The maximum Gasteiger partial charge on any atom is 0.321 e. The molecule has 2 amide bonds. The number of rotatable bonds is 3. The third-order valence-corrected chi connectivity index (χ3v) is 4.83. The van der Waals surface area contributed by atoms with E-state index in [0.29, 0.717) is 28.8 Å². The van der Waals surface area contributed by atoms with Crippen molar-refractivity contribution in [2.75, 3.05) is 18.4 Å². The lowest BCUT2D eigenvalue weighted by atomic mass is 10.1. The van der Waals surface area contributed by atoms with Crippen molar-refractivity contribution >= 4 is 34.9 Å². The van der Waals surface area contributed by atoms with Crippen molar-refractivity contribution < 1.29 is 9.53 Å². The van der Waals surface area contributed by atoms with Crippen molar-refractivity contribution in [3.05, 3.63) is 52.3 Å². The van der Waals surface area contributed by atoms with E-state index < -0.39 is 0 Å². The summed E-state index contributed by atoms with van der Waals surface area (Å²) in [6.45, 7) is 3.21. The number of amides is 2. The Balaban J connectivity index is 1.50. The Labute approximate surface area is 156 Å². The second-order valence-corrected chi connectivity index (χ2v) is 6.81. The van der Waals surface area contributed by atoms with Gasteiger partial charge in [0.15, 0.2) is 0 Å². The normalized spacial score (nSPS) is 15.1. The number of benzene rings is 1. The molecule has 25 heavy (non-hydrogen) atoms. The molecule has 0 unspecified atom stereocenters. The molecule has 0 atom stereocenters. The van der Waals surface area contributed by atoms with Crippen LogP contribution in [0.25, 0.3) is 0 Å². The first kappa shape index (κ1) is 17.8. The zero-order chi connectivity index (χ0) is 17.8. The monoisotopic (exact) mass is 379 g/mol. The fraction of sp³-hybridized carbons (Fsp3) is 0.333. The van der Waals surface area contributed by atoms with Crippen LogP contribution in [0.2, 0.25) is 10.0 Å². The maximum absolute atomic E-state index is 12.4. The van der Waals surface area contributed by atoms with Crippen molar-refractivity contribution in [3.63, 3.8) is 0 Å². The number of aromatic nitrogens is 1. The summed E-state index contributed by atoms with van der Waals surface area (Å²) >= 11 is 11.9. The number of nitrogens with zero attached hydrogens (tertiary/aromatic N) is 2. The molecule has 2 heterocycles. The highest BCUT2D eigenvalue weighted by Crippen LogP contribution is 2.25. The summed E-state index contributed by atoms with van der Waals surface area (Å²) in [7, 11) is 0. The van der Waals surface area contributed by atoms with Crippen LogP contribution in [0.1, 0.15) is 18.5 Å². The Hall–Kier alpha value is -1.98. The molecule has 1 saturated heterocycles. The minimum absolute atomic E-state index is 0.0959. The second kappa shape index (κ2) is 7.93. The predicted octanol–water partition coefficient (Wildman–Crippen LogP) is 4.77. The number of ether oxygens (including phenoxy) is 1. The van der Waals surface area contributed by atoms with E-state index in [-0.39, 0.29) is 12.1 Å². The van der Waals surface area contributed by atoms with Gasteiger partial charge in [-0.05, 0) is 37.3 Å². The molecule has 3 rings (SSSR count). The Kier molecular flexibility index (Phi) is 5.66. The van der Waals surface area contributed by atoms with E-state index in [0.717, 1.165) is 24.3 Å². The van der Waals surface area contributed by atoms with Gasteiger partial charge in [0.2, 0.25) is 0 Å². The highest BCUT2D eigenvalue weighted by Gasteiger charge is 2.24. The Morgan fingerprint density at radius 2 is 1.96 bits per heavy atom. The molecule has 0 radical (unpaired) electrons. The smallest absolute Gasteiger partial charge is 0.321 e. The van der Waals surface area contributed by atoms with E-state index in [1.54, 1.807) is 29.3 Å². The lowest BCUT2D eigenvalue weighted by Gasteiger charge is -2.32. The number of likely N-dealkylation sites (tertiary alicyclic amines) is 1. The predicted molar refractivity (Wildman–Crippen MR) is 99.7 cm³/mol. The van der Waals surface area contributed by atoms with Gasteiger partial charge < -0.3 is 15.0 Å². The number of piperidine rings is 1. The quantitative estimate of drug-likeness (QED) is 0.835. The van der Waals surface area contributed by atoms with E-state index in [9.17, 15) is 4.79 Å². The van der Waals surface area contributed by atoms with Crippen LogP contribution in [0.15, 0.2) is 36.5 Å². The van der Waals surface area contributed by atoms with E-state index >= 15 is 0 Å². The molecular formula is C18H19Cl2N3O2. The van der Waals surface area contributed by atoms with Crippen LogP contribution in [0, 0.1) is 6.92 Å². The molecule has 1 aromatic heterocycles. The molecule has 0 saturated carbocycles. The van der Waals surface area contributed by atoms with E-state index in [4.69, 9.17) is 27.9 Å². The van der Waals surface area contributed by atoms with Gasteiger partial charge in [0.05, 0.1) is 16.2 Å². The molecule has 0 bridgehead atoms. The van der Waals surface area contributed by atoms with Crippen molar-refractivity contribution in [2.24, 2.45) is 0 Å². The second-order valence-electron chi connectivity index (χ2n) is 6.00. The summed E-state index contributed by atoms with van der Waals surface area (Å²) in [5.41, 5.74) is 1.59. The molecule has 1 N–H and O–H groups in total. The average molecular weight is 380 g/mol. The highest BCUT2D eigenvalue weighted by molar-refractivity contribution is 6.42. The molecule has 0 spiro atoms. The number of aryl methyl sites for hydroxylation is 1. The SMILES string of the molecule is Cc1ccc(OC2CCN(C(=O)Nc3ccc(Cl)c(Cl)c3)CC2)cn1. The van der Waals surface area contributed by atoms with Crippen molar-refractivity contribution in [1.29, 1.82) is 0 Å². The van der Waals surface area contributed by atoms with Gasteiger partial charge in [0, 0.05) is 37.3 Å². The lowest BCUT2D eigenvalue weighted by Crippen LogP contribution is -2.43. The van der Waals surface area contributed by atoms with Crippen LogP contribution in [0.3, 0.4) is 0 Å². The first-order chi connectivity index (χ1) is 12.0. The maximum atomic E-state index is 12.4. The molecular weight excluding hydrogens is 361 g/mol. The summed E-state index contributed by atoms with van der Waals surface area (Å²) in [5.74, 6) is 0.768. The molecule has 2 aromatic rings. The van der Waals surface area contributed by atoms with E-state index in [1.165, 1.54) is 0 Å². The van der Waals surface area contributed by atoms with Gasteiger partial charge in [0.1, 0.15) is 11.9 Å². The number of pyridine rings is 1. The summed E-state index contributed by atoms with van der Waals surface area (Å²) in [4.78, 5) is 18.4. The summed E-state index contributed by atoms with van der Waals surface area (Å²) < 4.78 is 5.93. The molecule has 1 fully saturated rings. The van der Waals surface area contributed by atoms with Crippen molar-refractivity contribution in [3.8, 4) is 5.75 Å². The number of carbonyl (C=O) groups excluding carboxylic acids is 1. The summed E-state index contributed by atoms with van der Waals surface area (Å²) in [6.07, 6.45) is 3.39. The molecule has 5 nitrogen and oxygen atoms in total. The fourth-order valence-electron chi connectivity index (χ4n) is 2.67. The number of hydrogen-bond donors (Lipinski definition) is 1. The fourth-order valence-corrected chi connectivity index (χ4v) is 2.97. The van der Waals surface area contributed by atoms with E-state index in [1.807, 2.05) is 19.1 Å². The van der Waals surface area contributed by atoms with Crippen LogP contribution < -0.4 is 10.1 Å². The zero-order valence-corrected chi connectivity index (χ0v) is 15.3. The van der Waals surface area contributed by atoms with Crippen LogP contribution >= 0.6 is 23.2 Å². The van der Waals surface area contributed by atoms with Gasteiger partial charge in [-0.2, -0.15) is 0 Å². The van der Waals surface area contributed by atoms with Gasteiger partial charge >= 0.3 is 6.03 Å². The first-order valence-corrected chi connectivity index (χ1v) is 8.87. The molecule has 1 aliphatic rings. The Bertz CT molecular complexity index is 744. The molecule has 132 valence electrons. The molecule has 1 aliphatic heterocycles. The number of hydrogen-bond acceptors (Lipinski definition) is 3. The van der Waals surface area contributed by atoms with Crippen LogP contribution in [0.4, 0.5) is 10.5 Å². The molecule has 1 aromatic carbocycles. The van der Waals surface area contributed by atoms with Gasteiger partial charge in [0.25, 0.3) is 0 Å². The van der Waals surface area contributed by atoms with Gasteiger partial charge in [-0.15, -0.1) is 0 Å². The van der Waals surface area contributed by atoms with E-state index in [2.05, 4.69) is 10.3 Å². The molecule has 7 heteroatoms. The van der Waals surface area contributed by atoms with Crippen molar-refractivity contribution in [1.82, 2.24) is 9.88 Å². The zero-order valence-electron chi connectivity index (χ0n) is 13.8. The number of urea groups is 1. The van der Waals surface area contributed by atoms with Gasteiger partial charge in [-0.25, -0.2) is 4.79 Å². The van der Waals surface area contributed by atoms with Gasteiger partial charge in [-0.3, -0.25) is 4.98 Å². The third-order valence-electron chi connectivity index (χ3n) is 4.09. The lowest BCUT2D eigenvalue weighted by molar-refractivity contribution is 0.115. The van der Waals surface area contributed by atoms with Crippen LogP contribution in [-0.2, 0) is 0 Å².